The predicted octanol–water partition coefficient (Wildman–Crippen LogP) is 3.64. The maximum absolute atomic E-state index is 5.48. The van der Waals surface area contributed by atoms with Crippen molar-refractivity contribution in [3.05, 3.63) is 35.4 Å². The van der Waals surface area contributed by atoms with Gasteiger partial charge in [-0.15, -0.1) is 0 Å². The molecule has 100 valence electrons. The quantitative estimate of drug-likeness (QED) is 0.877. The first kappa shape index (κ1) is 13.6. The highest BCUT2D eigenvalue weighted by Gasteiger charge is 2.26. The van der Waals surface area contributed by atoms with E-state index in [-0.39, 0.29) is 5.60 Å². The molecule has 0 amide bonds. The van der Waals surface area contributed by atoms with Crippen LogP contribution in [0.4, 0.5) is 0 Å². The molecule has 0 heterocycles. The van der Waals surface area contributed by atoms with Crippen LogP contribution in [0.3, 0.4) is 0 Å². The molecule has 0 saturated heterocycles. The normalized spacial score (nSPS) is 23.8. The van der Waals surface area contributed by atoms with Crippen LogP contribution in [0.25, 0.3) is 0 Å². The molecule has 2 unspecified atom stereocenters. The van der Waals surface area contributed by atoms with E-state index >= 15 is 0 Å². The Bertz CT molecular complexity index is 400. The van der Waals surface area contributed by atoms with E-state index < -0.39 is 0 Å². The van der Waals surface area contributed by atoms with Crippen molar-refractivity contribution in [1.29, 1.82) is 0 Å². The average molecular weight is 247 g/mol. The highest BCUT2D eigenvalue weighted by Crippen LogP contribution is 2.37. The molecule has 1 aliphatic rings. The van der Waals surface area contributed by atoms with E-state index in [9.17, 15) is 0 Å². The van der Waals surface area contributed by atoms with Gasteiger partial charge in [-0.2, -0.15) is 0 Å². The third-order valence-corrected chi connectivity index (χ3v) is 4.12. The Morgan fingerprint density at radius 3 is 2.56 bits per heavy atom. The fourth-order valence-electron chi connectivity index (χ4n) is 2.66. The van der Waals surface area contributed by atoms with E-state index in [1.807, 2.05) is 0 Å². The summed E-state index contributed by atoms with van der Waals surface area (Å²) in [6.45, 7) is 7.46. The van der Waals surface area contributed by atoms with Gasteiger partial charge in [0.15, 0.2) is 0 Å². The largest absolute Gasteiger partial charge is 0.377 e. The number of hydrogen-bond acceptors (Lipinski definition) is 2. The summed E-state index contributed by atoms with van der Waals surface area (Å²) < 4.78 is 5.48. The molecule has 1 N–H and O–H groups in total. The summed E-state index contributed by atoms with van der Waals surface area (Å²) in [5.41, 5.74) is 2.89. The Morgan fingerprint density at radius 1 is 1.22 bits per heavy atom. The lowest BCUT2D eigenvalue weighted by molar-refractivity contribution is 0.0205. The SMILES string of the molecule is COC(C)(C)CNC1CCC(C)c2ccccc21. The summed E-state index contributed by atoms with van der Waals surface area (Å²) in [5.74, 6) is 0.690. The zero-order valence-corrected chi connectivity index (χ0v) is 12.0. The molecule has 1 aromatic carbocycles. The Balaban J connectivity index is 2.10. The summed E-state index contributed by atoms with van der Waals surface area (Å²) in [5, 5.41) is 3.66. The molecule has 2 nitrogen and oxygen atoms in total. The summed E-state index contributed by atoms with van der Waals surface area (Å²) in [6.07, 6.45) is 2.49. The second-order valence-electron chi connectivity index (χ2n) is 6.00. The van der Waals surface area contributed by atoms with Gasteiger partial charge in [0.25, 0.3) is 0 Å². The van der Waals surface area contributed by atoms with Crippen LogP contribution in [0, 0.1) is 0 Å². The second kappa shape index (κ2) is 5.41. The topological polar surface area (TPSA) is 21.3 Å². The van der Waals surface area contributed by atoms with Gasteiger partial charge in [-0.05, 0) is 43.7 Å². The molecule has 18 heavy (non-hydrogen) atoms. The molecule has 0 fully saturated rings. The minimum absolute atomic E-state index is 0.0992. The highest BCUT2D eigenvalue weighted by atomic mass is 16.5. The monoisotopic (exact) mass is 247 g/mol. The Labute approximate surface area is 111 Å². The van der Waals surface area contributed by atoms with Gasteiger partial charge in [-0.1, -0.05) is 31.2 Å². The third kappa shape index (κ3) is 2.93. The van der Waals surface area contributed by atoms with Crippen molar-refractivity contribution in [2.24, 2.45) is 0 Å². The first-order valence-corrected chi connectivity index (χ1v) is 6.91. The molecular formula is C16H25NO. The number of hydrogen-bond donors (Lipinski definition) is 1. The lowest BCUT2D eigenvalue weighted by atomic mass is 9.81. The van der Waals surface area contributed by atoms with E-state index in [4.69, 9.17) is 4.74 Å². The van der Waals surface area contributed by atoms with Crippen LogP contribution in [-0.2, 0) is 4.74 Å². The van der Waals surface area contributed by atoms with Crippen molar-refractivity contribution < 1.29 is 4.74 Å². The van der Waals surface area contributed by atoms with Gasteiger partial charge in [0.05, 0.1) is 5.60 Å². The highest BCUT2D eigenvalue weighted by molar-refractivity contribution is 5.34. The van der Waals surface area contributed by atoms with Crippen molar-refractivity contribution >= 4 is 0 Å². The third-order valence-electron chi connectivity index (χ3n) is 4.12. The summed E-state index contributed by atoms with van der Waals surface area (Å²) in [6, 6.07) is 9.31. The summed E-state index contributed by atoms with van der Waals surface area (Å²) in [7, 11) is 1.78. The zero-order chi connectivity index (χ0) is 13.2. The number of fused-ring (bicyclic) bond motifs is 1. The molecule has 1 aliphatic carbocycles. The van der Waals surface area contributed by atoms with E-state index in [0.717, 1.165) is 6.54 Å². The van der Waals surface area contributed by atoms with Gasteiger partial charge in [0, 0.05) is 19.7 Å². The Morgan fingerprint density at radius 2 is 1.89 bits per heavy atom. The number of nitrogens with one attached hydrogen (secondary N) is 1. The van der Waals surface area contributed by atoms with Gasteiger partial charge < -0.3 is 10.1 Å². The Kier molecular flexibility index (Phi) is 4.08. The molecule has 0 saturated carbocycles. The lowest BCUT2D eigenvalue weighted by Gasteiger charge is -2.33. The zero-order valence-electron chi connectivity index (χ0n) is 12.0. The van der Waals surface area contributed by atoms with Gasteiger partial charge in [-0.3, -0.25) is 0 Å². The molecule has 2 heteroatoms. The van der Waals surface area contributed by atoms with E-state index in [1.54, 1.807) is 7.11 Å². The fourth-order valence-corrected chi connectivity index (χ4v) is 2.66. The van der Waals surface area contributed by atoms with E-state index in [2.05, 4.69) is 50.4 Å². The van der Waals surface area contributed by atoms with Crippen molar-refractivity contribution in [1.82, 2.24) is 5.32 Å². The number of ether oxygens (including phenoxy) is 1. The molecule has 0 bridgehead atoms. The molecule has 0 aliphatic heterocycles. The minimum Gasteiger partial charge on any atom is -0.377 e. The molecule has 0 spiro atoms. The van der Waals surface area contributed by atoms with Crippen LogP contribution < -0.4 is 5.32 Å². The first-order valence-electron chi connectivity index (χ1n) is 6.91. The van der Waals surface area contributed by atoms with Gasteiger partial charge in [0.1, 0.15) is 0 Å². The Hall–Kier alpha value is -0.860. The summed E-state index contributed by atoms with van der Waals surface area (Å²) >= 11 is 0. The van der Waals surface area contributed by atoms with Crippen LogP contribution >= 0.6 is 0 Å². The average Bonchev–Trinajstić information content (AvgIpc) is 2.38. The van der Waals surface area contributed by atoms with Crippen molar-refractivity contribution in [3.63, 3.8) is 0 Å². The van der Waals surface area contributed by atoms with Gasteiger partial charge >= 0.3 is 0 Å². The molecule has 2 atom stereocenters. The number of benzene rings is 1. The molecule has 1 aromatic rings. The number of rotatable bonds is 4. The van der Waals surface area contributed by atoms with Crippen molar-refractivity contribution in [2.75, 3.05) is 13.7 Å². The van der Waals surface area contributed by atoms with Gasteiger partial charge in [0.2, 0.25) is 0 Å². The minimum atomic E-state index is -0.0992. The maximum Gasteiger partial charge on any atom is 0.0746 e. The number of methoxy groups -OCH3 is 1. The van der Waals surface area contributed by atoms with Crippen LogP contribution in [0.15, 0.2) is 24.3 Å². The van der Waals surface area contributed by atoms with Crippen LogP contribution in [0.2, 0.25) is 0 Å². The van der Waals surface area contributed by atoms with Crippen LogP contribution in [0.5, 0.6) is 0 Å². The molecule has 0 aromatic heterocycles. The standard InChI is InChI=1S/C16H25NO/c1-12-9-10-15(17-11-16(2,3)18-4)14-8-6-5-7-13(12)14/h5-8,12,15,17H,9-11H2,1-4H3. The molecule has 2 rings (SSSR count). The smallest absolute Gasteiger partial charge is 0.0746 e. The maximum atomic E-state index is 5.48. The summed E-state index contributed by atoms with van der Waals surface area (Å²) in [4.78, 5) is 0. The lowest BCUT2D eigenvalue weighted by Crippen LogP contribution is -2.39. The van der Waals surface area contributed by atoms with Crippen molar-refractivity contribution in [3.8, 4) is 0 Å². The van der Waals surface area contributed by atoms with E-state index in [0.29, 0.717) is 12.0 Å². The molecule has 0 radical (unpaired) electrons. The fraction of sp³-hybridized carbons (Fsp3) is 0.625. The second-order valence-corrected chi connectivity index (χ2v) is 6.00. The predicted molar refractivity (Wildman–Crippen MR) is 75.9 cm³/mol. The first-order chi connectivity index (χ1) is 8.53. The van der Waals surface area contributed by atoms with Crippen LogP contribution in [0.1, 0.15) is 56.7 Å². The van der Waals surface area contributed by atoms with Crippen LogP contribution in [-0.4, -0.2) is 19.3 Å². The van der Waals surface area contributed by atoms with E-state index in [1.165, 1.54) is 24.0 Å². The van der Waals surface area contributed by atoms with Gasteiger partial charge in [-0.25, -0.2) is 0 Å². The molecular weight excluding hydrogens is 222 g/mol. The van der Waals surface area contributed by atoms with Crippen molar-refractivity contribution in [2.45, 2.75) is 51.2 Å².